The maximum absolute atomic E-state index is 9.72. The van der Waals surface area contributed by atoms with Crippen LogP contribution in [0.2, 0.25) is 5.02 Å². The number of halogens is 1. The summed E-state index contributed by atoms with van der Waals surface area (Å²) in [7, 11) is 0. The summed E-state index contributed by atoms with van der Waals surface area (Å²) >= 11 is 5.94. The van der Waals surface area contributed by atoms with Crippen LogP contribution in [-0.2, 0) is 0 Å². The van der Waals surface area contributed by atoms with Crippen LogP contribution < -0.4 is 5.32 Å². The minimum atomic E-state index is -0.216. The molecule has 17 heavy (non-hydrogen) atoms. The van der Waals surface area contributed by atoms with Gasteiger partial charge in [0.15, 0.2) is 0 Å². The van der Waals surface area contributed by atoms with Crippen molar-refractivity contribution >= 4 is 17.3 Å². The van der Waals surface area contributed by atoms with Gasteiger partial charge < -0.3 is 10.4 Å². The minimum absolute atomic E-state index is 0.216. The summed E-state index contributed by atoms with van der Waals surface area (Å²) in [5.41, 5.74) is 1.22. The van der Waals surface area contributed by atoms with Gasteiger partial charge in [0, 0.05) is 12.5 Å². The number of aliphatic hydroxyl groups excluding tert-OH is 1. The summed E-state index contributed by atoms with van der Waals surface area (Å²) in [5, 5.41) is 22.4. The van der Waals surface area contributed by atoms with Crippen molar-refractivity contribution in [3.63, 3.8) is 0 Å². The zero-order valence-corrected chi connectivity index (χ0v) is 10.2. The van der Waals surface area contributed by atoms with Crippen molar-refractivity contribution in [1.82, 2.24) is 0 Å². The first-order valence-electron chi connectivity index (χ1n) is 5.83. The number of aliphatic hydroxyl groups is 1. The molecule has 2 rings (SSSR count). The summed E-state index contributed by atoms with van der Waals surface area (Å²) in [4.78, 5) is 0. The molecule has 90 valence electrons. The molecule has 0 amide bonds. The number of nitrogens with one attached hydrogen (secondary N) is 1. The second-order valence-corrected chi connectivity index (χ2v) is 4.82. The molecule has 2 unspecified atom stereocenters. The van der Waals surface area contributed by atoms with E-state index >= 15 is 0 Å². The SMILES string of the molecule is N#Cc1c(Cl)cccc1NCC1CCCC1O. The molecule has 0 aliphatic heterocycles. The van der Waals surface area contributed by atoms with Gasteiger partial charge in [0.25, 0.3) is 0 Å². The van der Waals surface area contributed by atoms with Crippen molar-refractivity contribution in [3.8, 4) is 6.07 Å². The van der Waals surface area contributed by atoms with Crippen molar-refractivity contribution < 1.29 is 5.11 Å². The normalized spacial score (nSPS) is 23.4. The van der Waals surface area contributed by atoms with Gasteiger partial charge in [-0.25, -0.2) is 0 Å². The number of hydrogen-bond acceptors (Lipinski definition) is 3. The Morgan fingerprint density at radius 2 is 2.29 bits per heavy atom. The third-order valence-electron chi connectivity index (χ3n) is 3.30. The molecule has 1 saturated carbocycles. The zero-order chi connectivity index (χ0) is 12.3. The molecule has 2 atom stereocenters. The first-order chi connectivity index (χ1) is 8.22. The highest BCUT2D eigenvalue weighted by molar-refractivity contribution is 6.32. The maximum atomic E-state index is 9.72. The summed E-state index contributed by atoms with van der Waals surface area (Å²) in [6.45, 7) is 0.691. The highest BCUT2D eigenvalue weighted by atomic mass is 35.5. The summed E-state index contributed by atoms with van der Waals surface area (Å²) in [6, 6.07) is 7.45. The van der Waals surface area contributed by atoms with Crippen LogP contribution in [0.5, 0.6) is 0 Å². The maximum Gasteiger partial charge on any atom is 0.103 e. The van der Waals surface area contributed by atoms with Crippen LogP contribution in [0, 0.1) is 17.2 Å². The van der Waals surface area contributed by atoms with Crippen molar-refractivity contribution in [2.24, 2.45) is 5.92 Å². The van der Waals surface area contributed by atoms with Gasteiger partial charge >= 0.3 is 0 Å². The Labute approximate surface area is 106 Å². The molecule has 1 aromatic carbocycles. The second kappa shape index (κ2) is 5.39. The van der Waals surface area contributed by atoms with Crippen molar-refractivity contribution in [2.75, 3.05) is 11.9 Å². The smallest absolute Gasteiger partial charge is 0.103 e. The predicted octanol–water partition coefficient (Wildman–Crippen LogP) is 2.78. The van der Waals surface area contributed by atoms with E-state index in [2.05, 4.69) is 11.4 Å². The van der Waals surface area contributed by atoms with E-state index in [1.165, 1.54) is 0 Å². The summed E-state index contributed by atoms with van der Waals surface area (Å²) in [5.74, 6) is 0.278. The molecule has 2 N–H and O–H groups in total. The van der Waals surface area contributed by atoms with Gasteiger partial charge in [-0.3, -0.25) is 0 Å². The Hall–Kier alpha value is -1.24. The van der Waals surface area contributed by atoms with Crippen LogP contribution >= 0.6 is 11.6 Å². The van der Waals surface area contributed by atoms with Gasteiger partial charge in [-0.2, -0.15) is 5.26 Å². The third kappa shape index (κ3) is 2.71. The van der Waals surface area contributed by atoms with E-state index in [9.17, 15) is 5.11 Å². The Kier molecular flexibility index (Phi) is 3.88. The average Bonchev–Trinajstić information content (AvgIpc) is 2.72. The van der Waals surface area contributed by atoms with E-state index in [-0.39, 0.29) is 12.0 Å². The van der Waals surface area contributed by atoms with Gasteiger partial charge in [0.2, 0.25) is 0 Å². The van der Waals surface area contributed by atoms with E-state index in [1.54, 1.807) is 6.07 Å². The van der Waals surface area contributed by atoms with Crippen molar-refractivity contribution in [2.45, 2.75) is 25.4 Å². The number of rotatable bonds is 3. The fourth-order valence-corrected chi connectivity index (χ4v) is 2.50. The molecule has 0 heterocycles. The van der Waals surface area contributed by atoms with Crippen LogP contribution in [0.15, 0.2) is 18.2 Å². The number of nitrogens with zero attached hydrogens (tertiary/aromatic N) is 1. The van der Waals surface area contributed by atoms with Crippen LogP contribution in [0.1, 0.15) is 24.8 Å². The fraction of sp³-hybridized carbons (Fsp3) is 0.462. The molecule has 1 aliphatic rings. The van der Waals surface area contributed by atoms with Gasteiger partial charge in [-0.15, -0.1) is 0 Å². The molecule has 1 aromatic rings. The van der Waals surface area contributed by atoms with E-state index < -0.39 is 0 Å². The number of anilines is 1. The largest absolute Gasteiger partial charge is 0.393 e. The van der Waals surface area contributed by atoms with Gasteiger partial charge in [0.1, 0.15) is 6.07 Å². The van der Waals surface area contributed by atoms with Crippen molar-refractivity contribution in [1.29, 1.82) is 5.26 Å². The van der Waals surface area contributed by atoms with Gasteiger partial charge in [-0.1, -0.05) is 24.1 Å². The van der Waals surface area contributed by atoms with Crippen molar-refractivity contribution in [3.05, 3.63) is 28.8 Å². The molecule has 1 fully saturated rings. The third-order valence-corrected chi connectivity index (χ3v) is 3.61. The molecule has 3 nitrogen and oxygen atoms in total. The first-order valence-corrected chi connectivity index (χ1v) is 6.20. The lowest BCUT2D eigenvalue weighted by molar-refractivity contribution is 0.138. The van der Waals surface area contributed by atoms with Gasteiger partial charge in [-0.05, 0) is 25.0 Å². The number of hydrogen-bond donors (Lipinski definition) is 2. The molecule has 0 aromatic heterocycles. The predicted molar refractivity (Wildman–Crippen MR) is 68.0 cm³/mol. The summed E-state index contributed by atoms with van der Waals surface area (Å²) in [6.07, 6.45) is 2.78. The quantitative estimate of drug-likeness (QED) is 0.867. The topological polar surface area (TPSA) is 56.0 Å². The van der Waals surface area contributed by atoms with E-state index in [0.717, 1.165) is 24.9 Å². The molecule has 0 saturated heterocycles. The standard InChI is InChI=1S/C13H15ClN2O/c14-11-4-2-5-12(10(11)7-15)16-8-9-3-1-6-13(9)17/h2,4-5,9,13,16-17H,1,3,6,8H2. The molecule has 0 radical (unpaired) electrons. The molecular weight excluding hydrogens is 236 g/mol. The van der Waals surface area contributed by atoms with Crippen LogP contribution in [-0.4, -0.2) is 17.8 Å². The highest BCUT2D eigenvalue weighted by Gasteiger charge is 2.24. The molecule has 4 heteroatoms. The Morgan fingerprint density at radius 1 is 1.47 bits per heavy atom. The highest BCUT2D eigenvalue weighted by Crippen LogP contribution is 2.28. The van der Waals surface area contributed by atoms with E-state index in [4.69, 9.17) is 16.9 Å². The Balaban J connectivity index is 2.04. The Bertz CT molecular complexity index is 442. The van der Waals surface area contributed by atoms with Crippen LogP contribution in [0.4, 0.5) is 5.69 Å². The molecule has 0 bridgehead atoms. The zero-order valence-electron chi connectivity index (χ0n) is 9.49. The van der Waals surface area contributed by atoms with E-state index in [1.807, 2.05) is 12.1 Å². The number of benzene rings is 1. The Morgan fingerprint density at radius 3 is 2.94 bits per heavy atom. The lowest BCUT2D eigenvalue weighted by Gasteiger charge is -2.16. The molecule has 1 aliphatic carbocycles. The lowest BCUT2D eigenvalue weighted by atomic mass is 10.1. The minimum Gasteiger partial charge on any atom is -0.393 e. The first kappa shape index (κ1) is 12.2. The lowest BCUT2D eigenvalue weighted by Crippen LogP contribution is -2.22. The molecular formula is C13H15ClN2O. The summed E-state index contributed by atoms with van der Waals surface area (Å²) < 4.78 is 0. The number of nitriles is 1. The van der Waals surface area contributed by atoms with E-state index in [0.29, 0.717) is 17.1 Å². The van der Waals surface area contributed by atoms with Crippen LogP contribution in [0.25, 0.3) is 0 Å². The monoisotopic (exact) mass is 250 g/mol. The fourth-order valence-electron chi connectivity index (χ4n) is 2.28. The second-order valence-electron chi connectivity index (χ2n) is 4.41. The molecule has 0 spiro atoms. The van der Waals surface area contributed by atoms with Crippen LogP contribution in [0.3, 0.4) is 0 Å². The van der Waals surface area contributed by atoms with Gasteiger partial charge in [0.05, 0.1) is 22.4 Å². The average molecular weight is 251 g/mol.